The van der Waals surface area contributed by atoms with E-state index >= 15 is 0 Å². The van der Waals surface area contributed by atoms with Crippen molar-refractivity contribution in [1.29, 1.82) is 0 Å². The Hall–Kier alpha value is -1.24. The monoisotopic (exact) mass is 239 g/mol. The molecule has 17 heavy (non-hydrogen) atoms. The van der Waals surface area contributed by atoms with Crippen LogP contribution in [0, 0.1) is 0 Å². The van der Waals surface area contributed by atoms with Crippen LogP contribution < -0.4 is 0 Å². The highest BCUT2D eigenvalue weighted by molar-refractivity contribution is 6.06. The average Bonchev–Trinajstić information content (AvgIpc) is 2.88. The summed E-state index contributed by atoms with van der Waals surface area (Å²) in [6.07, 6.45) is 1.53. The van der Waals surface area contributed by atoms with E-state index in [1.165, 1.54) is 17.2 Å². The molecule has 0 aliphatic carbocycles. The Balaban J connectivity index is 1.84. The van der Waals surface area contributed by atoms with E-state index in [1.807, 2.05) is 6.92 Å². The van der Waals surface area contributed by atoms with Crippen molar-refractivity contribution in [1.82, 2.24) is 4.90 Å². The molecule has 0 spiro atoms. The first-order valence-corrected chi connectivity index (χ1v) is 5.52. The number of carbonyl (C=O) groups is 2. The van der Waals surface area contributed by atoms with Crippen molar-refractivity contribution in [2.24, 2.45) is 0 Å². The molecule has 3 heterocycles. The van der Waals surface area contributed by atoms with Gasteiger partial charge in [-0.05, 0) is 13.0 Å². The van der Waals surface area contributed by atoms with Crippen molar-refractivity contribution >= 4 is 11.7 Å². The molecule has 3 aliphatic rings. The summed E-state index contributed by atoms with van der Waals surface area (Å²) in [5, 5.41) is 9.12. The van der Waals surface area contributed by atoms with Crippen molar-refractivity contribution in [3.8, 4) is 0 Å². The van der Waals surface area contributed by atoms with E-state index < -0.39 is 17.9 Å². The molecule has 2 fully saturated rings. The van der Waals surface area contributed by atoms with Crippen LogP contribution in [0.1, 0.15) is 13.3 Å². The Kier molecular flexibility index (Phi) is 2.16. The van der Waals surface area contributed by atoms with E-state index in [0.29, 0.717) is 0 Å². The highest BCUT2D eigenvalue weighted by Crippen LogP contribution is 2.51. The molecule has 92 valence electrons. The van der Waals surface area contributed by atoms with E-state index in [4.69, 9.17) is 14.6 Å². The zero-order chi connectivity index (χ0) is 12.2. The first-order valence-electron chi connectivity index (χ1n) is 5.52. The van der Waals surface area contributed by atoms with Crippen LogP contribution in [-0.2, 0) is 19.1 Å². The number of aliphatic hydroxyl groups excluding tert-OH is 1. The van der Waals surface area contributed by atoms with Crippen molar-refractivity contribution in [3.05, 3.63) is 12.3 Å². The summed E-state index contributed by atoms with van der Waals surface area (Å²) in [7, 11) is 0. The maximum atomic E-state index is 11.7. The summed E-state index contributed by atoms with van der Waals surface area (Å²) < 4.78 is 11.1. The Bertz CT molecular complexity index is 420. The highest BCUT2D eigenvalue weighted by Gasteiger charge is 2.70. The van der Waals surface area contributed by atoms with Gasteiger partial charge in [0.1, 0.15) is 17.8 Å². The number of ether oxygens (including phenoxy) is 2. The average molecular weight is 239 g/mol. The fourth-order valence-corrected chi connectivity index (χ4v) is 2.49. The standard InChI is InChI=1S/C11H13NO5/c1-11-9(17-11)7(5-13)16-10(11)12-3-2-6(14)4-8(12)15/h2-3,7,9-10,13H,4-5H2,1H3/t7-,9+,10-,11+/m1/s1. The number of aliphatic hydroxyl groups is 1. The molecule has 4 atom stereocenters. The normalized spacial score (nSPS) is 44.1. The molecule has 1 N–H and O–H groups in total. The second kappa shape index (κ2) is 3.38. The van der Waals surface area contributed by atoms with Crippen LogP contribution in [0.25, 0.3) is 0 Å². The molecule has 2 saturated heterocycles. The highest BCUT2D eigenvalue weighted by atomic mass is 16.7. The third-order valence-electron chi connectivity index (χ3n) is 3.49. The molecule has 0 saturated carbocycles. The lowest BCUT2D eigenvalue weighted by Crippen LogP contribution is -2.46. The van der Waals surface area contributed by atoms with Gasteiger partial charge < -0.3 is 14.6 Å². The predicted octanol–water partition coefficient (Wildman–Crippen LogP) is -0.824. The van der Waals surface area contributed by atoms with Gasteiger partial charge in [-0.25, -0.2) is 0 Å². The topological polar surface area (TPSA) is 79.4 Å². The number of carbonyl (C=O) groups excluding carboxylic acids is 2. The predicted molar refractivity (Wildman–Crippen MR) is 54.6 cm³/mol. The summed E-state index contributed by atoms with van der Waals surface area (Å²) in [6.45, 7) is 1.71. The fraction of sp³-hybridized carbons (Fsp3) is 0.636. The first-order chi connectivity index (χ1) is 8.06. The van der Waals surface area contributed by atoms with Crippen LogP contribution in [0.15, 0.2) is 12.3 Å². The van der Waals surface area contributed by atoms with Gasteiger partial charge in [0.2, 0.25) is 5.91 Å². The lowest BCUT2D eigenvalue weighted by molar-refractivity contribution is -0.157. The quantitative estimate of drug-likeness (QED) is 0.503. The molecule has 0 aromatic rings. The number of nitrogens with zero attached hydrogens (tertiary/aromatic N) is 1. The van der Waals surface area contributed by atoms with Crippen LogP contribution in [0.5, 0.6) is 0 Å². The van der Waals surface area contributed by atoms with Gasteiger partial charge in [0.15, 0.2) is 12.0 Å². The van der Waals surface area contributed by atoms with Gasteiger partial charge in [0.05, 0.1) is 13.0 Å². The van der Waals surface area contributed by atoms with E-state index in [2.05, 4.69) is 0 Å². The minimum Gasteiger partial charge on any atom is -0.394 e. The molecular weight excluding hydrogens is 226 g/mol. The van der Waals surface area contributed by atoms with Crippen molar-refractivity contribution in [2.75, 3.05) is 6.61 Å². The Morgan fingerprint density at radius 1 is 1.59 bits per heavy atom. The third kappa shape index (κ3) is 1.45. The van der Waals surface area contributed by atoms with Gasteiger partial charge in [0.25, 0.3) is 0 Å². The van der Waals surface area contributed by atoms with Crippen molar-refractivity contribution in [2.45, 2.75) is 37.4 Å². The lowest BCUT2D eigenvalue weighted by atomic mass is 10.0. The summed E-state index contributed by atoms with van der Waals surface area (Å²) in [4.78, 5) is 24.2. The van der Waals surface area contributed by atoms with Crippen LogP contribution >= 0.6 is 0 Å². The molecule has 3 aliphatic heterocycles. The smallest absolute Gasteiger partial charge is 0.236 e. The molecule has 0 bridgehead atoms. The second-order valence-corrected chi connectivity index (χ2v) is 4.69. The second-order valence-electron chi connectivity index (χ2n) is 4.69. The van der Waals surface area contributed by atoms with E-state index in [9.17, 15) is 9.59 Å². The number of fused-ring (bicyclic) bond motifs is 1. The number of hydrogen-bond acceptors (Lipinski definition) is 5. The zero-order valence-electron chi connectivity index (χ0n) is 9.33. The number of hydrogen-bond donors (Lipinski definition) is 1. The van der Waals surface area contributed by atoms with Gasteiger partial charge in [-0.15, -0.1) is 0 Å². The number of ketones is 1. The van der Waals surface area contributed by atoms with Gasteiger partial charge in [-0.1, -0.05) is 0 Å². The zero-order valence-corrected chi connectivity index (χ0v) is 9.33. The summed E-state index contributed by atoms with van der Waals surface area (Å²) >= 11 is 0. The van der Waals surface area contributed by atoms with E-state index in [-0.39, 0.29) is 30.8 Å². The fourth-order valence-electron chi connectivity index (χ4n) is 2.49. The Morgan fingerprint density at radius 3 is 2.94 bits per heavy atom. The van der Waals surface area contributed by atoms with Gasteiger partial charge in [-0.2, -0.15) is 0 Å². The molecule has 0 aromatic carbocycles. The number of allylic oxidation sites excluding steroid dienone is 1. The van der Waals surface area contributed by atoms with Crippen LogP contribution in [0.3, 0.4) is 0 Å². The number of rotatable bonds is 2. The lowest BCUT2D eigenvalue weighted by Gasteiger charge is -2.31. The number of epoxide rings is 1. The molecule has 0 radical (unpaired) electrons. The SMILES string of the molecule is C[C@]12O[C@H]1[C@@H](CO)O[C@H]2N1C=CC(=O)CC1=O. The molecule has 1 amide bonds. The maximum absolute atomic E-state index is 11.7. The van der Waals surface area contributed by atoms with Crippen molar-refractivity contribution < 1.29 is 24.2 Å². The minimum atomic E-state index is -0.562. The molecule has 0 aromatic heterocycles. The Morgan fingerprint density at radius 2 is 2.35 bits per heavy atom. The number of amides is 1. The van der Waals surface area contributed by atoms with Gasteiger partial charge in [-0.3, -0.25) is 14.5 Å². The van der Waals surface area contributed by atoms with Crippen molar-refractivity contribution in [3.63, 3.8) is 0 Å². The third-order valence-corrected chi connectivity index (χ3v) is 3.49. The summed E-state index contributed by atoms with van der Waals surface area (Å²) in [5.74, 6) is -0.502. The van der Waals surface area contributed by atoms with Gasteiger partial charge in [0, 0.05) is 6.20 Å². The van der Waals surface area contributed by atoms with E-state index in [0.717, 1.165) is 0 Å². The van der Waals surface area contributed by atoms with Crippen LogP contribution in [0.2, 0.25) is 0 Å². The van der Waals surface area contributed by atoms with Gasteiger partial charge >= 0.3 is 0 Å². The summed E-state index contributed by atoms with van der Waals surface area (Å²) in [6, 6.07) is 0. The first kappa shape index (κ1) is 10.9. The molecule has 3 rings (SSSR count). The molecule has 6 heteroatoms. The summed E-state index contributed by atoms with van der Waals surface area (Å²) in [5.41, 5.74) is -0.562. The Labute approximate surface area is 97.8 Å². The van der Waals surface area contributed by atoms with Crippen LogP contribution in [-0.4, -0.2) is 52.3 Å². The molecule has 0 unspecified atom stereocenters. The largest absolute Gasteiger partial charge is 0.394 e. The van der Waals surface area contributed by atoms with Crippen LogP contribution in [0.4, 0.5) is 0 Å². The van der Waals surface area contributed by atoms with E-state index in [1.54, 1.807) is 0 Å². The minimum absolute atomic E-state index is 0.137. The molecular formula is C11H13NO5. The molecule has 6 nitrogen and oxygen atoms in total. The maximum Gasteiger partial charge on any atom is 0.236 e.